The summed E-state index contributed by atoms with van der Waals surface area (Å²) >= 11 is 3.44. The smallest absolute Gasteiger partial charge is 0.291 e. The lowest BCUT2D eigenvalue weighted by atomic mass is 10.1. The van der Waals surface area contributed by atoms with Gasteiger partial charge in [-0.3, -0.25) is 9.59 Å². The number of anilines is 1. The predicted octanol–water partition coefficient (Wildman–Crippen LogP) is 4.08. The van der Waals surface area contributed by atoms with E-state index < -0.39 is 0 Å². The Hall–Kier alpha value is -3.10. The van der Waals surface area contributed by atoms with Crippen LogP contribution in [0.5, 0.6) is 5.75 Å². The second kappa shape index (κ2) is 8.20. The molecule has 1 saturated heterocycles. The molecule has 0 atom stereocenters. The third kappa shape index (κ3) is 3.84. The van der Waals surface area contributed by atoms with Gasteiger partial charge in [-0.1, -0.05) is 28.1 Å². The van der Waals surface area contributed by atoms with Crippen LogP contribution < -0.4 is 10.1 Å². The van der Waals surface area contributed by atoms with Crippen LogP contribution in [0.4, 0.5) is 5.69 Å². The summed E-state index contributed by atoms with van der Waals surface area (Å²) in [5, 5.41) is 3.57. The predicted molar refractivity (Wildman–Crippen MR) is 119 cm³/mol. The van der Waals surface area contributed by atoms with Gasteiger partial charge >= 0.3 is 0 Å². The zero-order chi connectivity index (χ0) is 21.4. The molecule has 8 heteroatoms. The van der Waals surface area contributed by atoms with Gasteiger partial charge in [-0.25, -0.2) is 0 Å². The van der Waals surface area contributed by atoms with Crippen molar-refractivity contribution in [1.82, 2.24) is 4.90 Å². The zero-order valence-electron chi connectivity index (χ0n) is 16.5. The highest BCUT2D eigenvalue weighted by atomic mass is 79.9. The number of nitrogens with zero attached hydrogens (tertiary/aromatic N) is 1. The maximum absolute atomic E-state index is 13.1. The van der Waals surface area contributed by atoms with Crippen molar-refractivity contribution in [1.29, 1.82) is 0 Å². The molecule has 0 bridgehead atoms. The number of carbonyl (C=O) groups excluding carboxylic acids is 2. The number of amides is 2. The van der Waals surface area contributed by atoms with Crippen molar-refractivity contribution in [2.45, 2.75) is 0 Å². The Morgan fingerprint density at radius 1 is 1.06 bits per heavy atom. The number of para-hydroxylation sites is 1. The number of benzene rings is 2. The minimum atomic E-state index is -0.340. The van der Waals surface area contributed by atoms with E-state index >= 15 is 0 Å². The summed E-state index contributed by atoms with van der Waals surface area (Å²) in [5.74, 6) is 0.236. The van der Waals surface area contributed by atoms with Crippen LogP contribution in [0.3, 0.4) is 0 Å². The number of hydrogen-bond acceptors (Lipinski definition) is 5. The number of hydrogen-bond donors (Lipinski definition) is 1. The Morgan fingerprint density at radius 3 is 2.71 bits per heavy atom. The van der Waals surface area contributed by atoms with E-state index in [4.69, 9.17) is 13.9 Å². The molecule has 3 heterocycles. The number of rotatable bonds is 3. The Balaban J connectivity index is 1.48. The summed E-state index contributed by atoms with van der Waals surface area (Å²) in [6.07, 6.45) is 1.80. The maximum Gasteiger partial charge on any atom is 0.291 e. The van der Waals surface area contributed by atoms with Gasteiger partial charge in [0.15, 0.2) is 0 Å². The average Bonchev–Trinajstić information content (AvgIpc) is 3.17. The first-order chi connectivity index (χ1) is 15.1. The van der Waals surface area contributed by atoms with Gasteiger partial charge in [-0.15, -0.1) is 0 Å². The van der Waals surface area contributed by atoms with Crippen molar-refractivity contribution >= 4 is 50.5 Å². The standard InChI is InChI=1S/C23H19BrN2O5/c24-16-5-6-18-14(12-16)11-15(13-30-18)22(27)25-20-17-3-1-2-4-19(17)31-21(20)23(28)26-7-9-29-10-8-26/h1-6,11-12H,7-10,13H2,(H,25,27). The van der Waals surface area contributed by atoms with Crippen LogP contribution in [0.25, 0.3) is 17.0 Å². The third-order valence-electron chi connectivity index (χ3n) is 5.30. The van der Waals surface area contributed by atoms with Gasteiger partial charge in [0.25, 0.3) is 11.8 Å². The van der Waals surface area contributed by atoms with Crippen molar-refractivity contribution in [3.8, 4) is 5.75 Å². The van der Waals surface area contributed by atoms with E-state index in [1.54, 1.807) is 17.0 Å². The van der Waals surface area contributed by atoms with Gasteiger partial charge < -0.3 is 24.1 Å². The van der Waals surface area contributed by atoms with E-state index in [9.17, 15) is 9.59 Å². The van der Waals surface area contributed by atoms with E-state index in [0.29, 0.717) is 48.5 Å². The van der Waals surface area contributed by atoms with Gasteiger partial charge in [-0.2, -0.15) is 0 Å². The molecular weight excluding hydrogens is 464 g/mol. The summed E-state index contributed by atoms with van der Waals surface area (Å²) in [6.45, 7) is 2.06. The molecule has 158 valence electrons. The lowest BCUT2D eigenvalue weighted by Crippen LogP contribution is -2.40. The molecule has 0 aliphatic carbocycles. The van der Waals surface area contributed by atoms with Crippen molar-refractivity contribution in [2.24, 2.45) is 0 Å². The Labute approximate surface area is 186 Å². The second-order valence-electron chi connectivity index (χ2n) is 7.30. The van der Waals surface area contributed by atoms with E-state index in [1.165, 1.54) is 0 Å². The number of halogens is 1. The minimum Gasteiger partial charge on any atom is -0.488 e. The van der Waals surface area contributed by atoms with E-state index in [2.05, 4.69) is 21.2 Å². The number of ether oxygens (including phenoxy) is 2. The lowest BCUT2D eigenvalue weighted by molar-refractivity contribution is -0.113. The summed E-state index contributed by atoms with van der Waals surface area (Å²) in [6, 6.07) is 12.9. The molecule has 2 aliphatic rings. The van der Waals surface area contributed by atoms with Crippen LogP contribution >= 0.6 is 15.9 Å². The summed E-state index contributed by atoms with van der Waals surface area (Å²) < 4.78 is 17.8. The van der Waals surface area contributed by atoms with Gasteiger partial charge in [0.05, 0.1) is 18.8 Å². The second-order valence-corrected chi connectivity index (χ2v) is 8.22. The van der Waals surface area contributed by atoms with Crippen LogP contribution in [0.2, 0.25) is 0 Å². The Kier molecular flexibility index (Phi) is 5.25. The number of nitrogens with one attached hydrogen (secondary N) is 1. The highest BCUT2D eigenvalue weighted by Gasteiger charge is 2.28. The summed E-state index contributed by atoms with van der Waals surface area (Å²) in [7, 11) is 0. The highest BCUT2D eigenvalue weighted by Crippen LogP contribution is 2.34. The molecule has 1 aromatic heterocycles. The first kappa shape index (κ1) is 19.8. The van der Waals surface area contributed by atoms with Crippen LogP contribution in [0.15, 0.2) is 56.9 Å². The van der Waals surface area contributed by atoms with Crippen molar-refractivity contribution in [2.75, 3.05) is 38.2 Å². The molecule has 31 heavy (non-hydrogen) atoms. The fourth-order valence-electron chi connectivity index (χ4n) is 3.70. The summed E-state index contributed by atoms with van der Waals surface area (Å²) in [5.41, 5.74) is 2.18. The van der Waals surface area contributed by atoms with E-state index in [0.717, 1.165) is 15.8 Å². The quantitative estimate of drug-likeness (QED) is 0.608. The van der Waals surface area contributed by atoms with Crippen LogP contribution in [0.1, 0.15) is 16.1 Å². The Morgan fingerprint density at radius 2 is 1.87 bits per heavy atom. The van der Waals surface area contributed by atoms with Gasteiger partial charge in [-0.05, 0) is 36.4 Å². The molecular formula is C23H19BrN2O5. The number of fused-ring (bicyclic) bond motifs is 2. The summed E-state index contributed by atoms with van der Waals surface area (Å²) in [4.78, 5) is 27.9. The molecule has 7 nitrogen and oxygen atoms in total. The van der Waals surface area contributed by atoms with Crippen LogP contribution in [-0.4, -0.2) is 49.6 Å². The first-order valence-electron chi connectivity index (χ1n) is 9.93. The molecule has 0 spiro atoms. The Bertz CT molecular complexity index is 1210. The molecule has 1 fully saturated rings. The van der Waals surface area contributed by atoms with Gasteiger partial charge in [0.2, 0.25) is 5.76 Å². The van der Waals surface area contributed by atoms with E-state index in [-0.39, 0.29) is 24.2 Å². The fraction of sp³-hybridized carbons (Fsp3) is 0.217. The molecule has 2 aliphatic heterocycles. The van der Waals surface area contributed by atoms with E-state index in [1.807, 2.05) is 36.4 Å². The molecule has 0 radical (unpaired) electrons. The highest BCUT2D eigenvalue weighted by molar-refractivity contribution is 9.10. The van der Waals surface area contributed by atoms with Gasteiger partial charge in [0.1, 0.15) is 23.6 Å². The monoisotopic (exact) mass is 482 g/mol. The van der Waals surface area contributed by atoms with Crippen molar-refractivity contribution < 1.29 is 23.5 Å². The molecule has 0 unspecified atom stereocenters. The van der Waals surface area contributed by atoms with Gasteiger partial charge in [0, 0.05) is 28.5 Å². The molecule has 5 rings (SSSR count). The number of morpholine rings is 1. The molecule has 0 saturated carbocycles. The van der Waals surface area contributed by atoms with Crippen LogP contribution in [-0.2, 0) is 9.53 Å². The topological polar surface area (TPSA) is 81.0 Å². The normalized spacial score (nSPS) is 15.8. The number of furan rings is 1. The van der Waals surface area contributed by atoms with Crippen LogP contribution in [0, 0.1) is 0 Å². The SMILES string of the molecule is O=C(Nc1c(C(=O)N2CCOCC2)oc2ccccc12)C1=Cc2cc(Br)ccc2OC1. The minimum absolute atomic E-state index is 0.122. The largest absolute Gasteiger partial charge is 0.488 e. The molecule has 1 N–H and O–H groups in total. The average molecular weight is 483 g/mol. The molecule has 3 aromatic rings. The molecule has 2 amide bonds. The third-order valence-corrected chi connectivity index (χ3v) is 5.80. The molecule has 2 aromatic carbocycles. The maximum atomic E-state index is 13.1. The van der Waals surface area contributed by atoms with Crippen molar-refractivity contribution in [3.63, 3.8) is 0 Å². The number of carbonyl (C=O) groups is 2. The van der Waals surface area contributed by atoms with Crippen molar-refractivity contribution in [3.05, 3.63) is 63.8 Å². The fourth-order valence-corrected chi connectivity index (χ4v) is 4.08. The lowest BCUT2D eigenvalue weighted by Gasteiger charge is -2.26. The zero-order valence-corrected chi connectivity index (χ0v) is 18.1. The first-order valence-corrected chi connectivity index (χ1v) is 10.7.